The van der Waals surface area contributed by atoms with Crippen molar-refractivity contribution in [2.45, 2.75) is 12.8 Å². The Morgan fingerprint density at radius 3 is 2.96 bits per heavy atom. The third kappa shape index (κ3) is 3.67. The second-order valence-corrected chi connectivity index (χ2v) is 6.50. The number of hydrogen-bond donors (Lipinski definition) is 0. The monoisotopic (exact) mass is 362 g/mol. The van der Waals surface area contributed by atoms with Crippen LogP contribution in [0.4, 0.5) is 5.82 Å². The molecule has 7 heteroatoms. The van der Waals surface area contributed by atoms with Crippen LogP contribution in [0.5, 0.6) is 0 Å². The number of aromatic nitrogens is 5. The van der Waals surface area contributed by atoms with E-state index in [0.717, 1.165) is 41.1 Å². The Hall–Kier alpha value is -3.22. The molecule has 27 heavy (non-hydrogen) atoms. The highest BCUT2D eigenvalue weighted by Crippen LogP contribution is 2.25. The van der Waals surface area contributed by atoms with Crippen LogP contribution in [-0.4, -0.2) is 44.7 Å². The van der Waals surface area contributed by atoms with Crippen LogP contribution in [0.3, 0.4) is 0 Å². The fourth-order valence-electron chi connectivity index (χ4n) is 2.98. The zero-order valence-electron chi connectivity index (χ0n) is 15.5. The molecule has 0 radical (unpaired) electrons. The molecule has 3 aromatic rings. The summed E-state index contributed by atoms with van der Waals surface area (Å²) < 4.78 is 7.77. The summed E-state index contributed by atoms with van der Waals surface area (Å²) in [5.41, 5.74) is 2.46. The number of ether oxygens (including phenoxy) is 1. The van der Waals surface area contributed by atoms with Gasteiger partial charge in [0.05, 0.1) is 12.9 Å². The Morgan fingerprint density at radius 2 is 2.19 bits per heavy atom. The van der Waals surface area contributed by atoms with E-state index in [9.17, 15) is 0 Å². The highest BCUT2D eigenvalue weighted by molar-refractivity contribution is 5.85. The lowest BCUT2D eigenvalue weighted by atomic mass is 10.2. The summed E-state index contributed by atoms with van der Waals surface area (Å²) in [6.45, 7) is 1.27. The lowest BCUT2D eigenvalue weighted by Gasteiger charge is -2.20. The summed E-state index contributed by atoms with van der Waals surface area (Å²) in [6, 6.07) is 3.84. The molecule has 7 nitrogen and oxygen atoms in total. The molecule has 0 bridgehead atoms. The minimum absolute atomic E-state index is 0.577. The van der Waals surface area contributed by atoms with Gasteiger partial charge < -0.3 is 14.2 Å². The molecule has 1 aliphatic rings. The van der Waals surface area contributed by atoms with E-state index in [1.165, 1.54) is 0 Å². The standard InChI is InChI=1S/C20H22N6O/c1-25(11-12-27-16-8-4-3-5-9-16)19-17-20(26(2)14-22-17)24-18(23-19)15-7-6-10-21-13-15/h4,6-10,13-14H,3,5,11-12H2,1-2H3. The highest BCUT2D eigenvalue weighted by Gasteiger charge is 2.16. The van der Waals surface area contributed by atoms with Gasteiger partial charge in [-0.05, 0) is 37.1 Å². The summed E-state index contributed by atoms with van der Waals surface area (Å²) in [4.78, 5) is 20.2. The molecule has 0 aromatic carbocycles. The zero-order valence-corrected chi connectivity index (χ0v) is 15.5. The number of hydrogen-bond acceptors (Lipinski definition) is 6. The van der Waals surface area contributed by atoms with E-state index in [1.807, 2.05) is 36.9 Å². The molecule has 3 heterocycles. The molecular weight excluding hydrogens is 340 g/mol. The molecule has 0 fully saturated rings. The average Bonchev–Trinajstić information content (AvgIpc) is 3.09. The van der Waals surface area contributed by atoms with E-state index >= 15 is 0 Å². The number of pyridine rings is 1. The second-order valence-electron chi connectivity index (χ2n) is 6.50. The van der Waals surface area contributed by atoms with Gasteiger partial charge in [-0.25, -0.2) is 15.0 Å². The number of anilines is 1. The van der Waals surface area contributed by atoms with E-state index in [1.54, 1.807) is 18.7 Å². The maximum Gasteiger partial charge on any atom is 0.165 e. The molecule has 0 atom stereocenters. The Labute approximate surface area is 158 Å². The van der Waals surface area contributed by atoms with Crippen LogP contribution in [0.25, 0.3) is 22.6 Å². The van der Waals surface area contributed by atoms with Crippen molar-refractivity contribution in [3.05, 3.63) is 54.8 Å². The fraction of sp³-hybridized carbons (Fsp3) is 0.300. The first kappa shape index (κ1) is 17.2. The molecule has 0 N–H and O–H groups in total. The third-order valence-corrected chi connectivity index (χ3v) is 4.48. The van der Waals surface area contributed by atoms with Crippen LogP contribution in [-0.2, 0) is 11.8 Å². The predicted octanol–water partition coefficient (Wildman–Crippen LogP) is 3.11. The van der Waals surface area contributed by atoms with Crippen molar-refractivity contribution >= 4 is 17.0 Å². The molecule has 0 saturated heterocycles. The van der Waals surface area contributed by atoms with E-state index < -0.39 is 0 Å². The maximum absolute atomic E-state index is 5.86. The number of imidazole rings is 1. The smallest absolute Gasteiger partial charge is 0.165 e. The summed E-state index contributed by atoms with van der Waals surface area (Å²) >= 11 is 0. The number of aryl methyl sites for hydroxylation is 1. The van der Waals surface area contributed by atoms with Gasteiger partial charge in [-0.15, -0.1) is 0 Å². The fourth-order valence-corrected chi connectivity index (χ4v) is 2.98. The van der Waals surface area contributed by atoms with Crippen molar-refractivity contribution in [2.75, 3.05) is 25.1 Å². The van der Waals surface area contributed by atoms with Crippen LogP contribution in [0, 0.1) is 0 Å². The molecule has 3 aromatic heterocycles. The largest absolute Gasteiger partial charge is 0.492 e. The van der Waals surface area contributed by atoms with Crippen LogP contribution < -0.4 is 4.90 Å². The lowest BCUT2D eigenvalue weighted by molar-refractivity contribution is 0.230. The van der Waals surface area contributed by atoms with Crippen molar-refractivity contribution in [3.8, 4) is 11.4 Å². The lowest BCUT2D eigenvalue weighted by Crippen LogP contribution is -2.24. The molecule has 0 spiro atoms. The minimum atomic E-state index is 0.577. The van der Waals surface area contributed by atoms with Crippen molar-refractivity contribution < 1.29 is 4.74 Å². The first-order valence-corrected chi connectivity index (χ1v) is 9.02. The first-order chi connectivity index (χ1) is 13.2. The molecular formula is C20H22N6O. The summed E-state index contributed by atoms with van der Waals surface area (Å²) in [5.74, 6) is 2.37. The second kappa shape index (κ2) is 7.57. The Bertz CT molecular complexity index is 992. The maximum atomic E-state index is 5.86. The third-order valence-electron chi connectivity index (χ3n) is 4.48. The van der Waals surface area contributed by atoms with Crippen molar-refractivity contribution in [1.82, 2.24) is 24.5 Å². The summed E-state index contributed by atoms with van der Waals surface area (Å²) in [6.07, 6.45) is 13.7. The molecule has 138 valence electrons. The molecule has 0 saturated carbocycles. The van der Waals surface area contributed by atoms with Gasteiger partial charge in [0.25, 0.3) is 0 Å². The van der Waals surface area contributed by atoms with Crippen LogP contribution in [0.15, 0.2) is 54.8 Å². The topological polar surface area (TPSA) is 69.0 Å². The van der Waals surface area contributed by atoms with Gasteiger partial charge in [0.1, 0.15) is 12.4 Å². The van der Waals surface area contributed by atoms with Gasteiger partial charge in [0, 0.05) is 32.1 Å². The van der Waals surface area contributed by atoms with Gasteiger partial charge in [0.2, 0.25) is 0 Å². The van der Waals surface area contributed by atoms with E-state index in [-0.39, 0.29) is 0 Å². The first-order valence-electron chi connectivity index (χ1n) is 9.02. The van der Waals surface area contributed by atoms with E-state index in [0.29, 0.717) is 19.0 Å². The Morgan fingerprint density at radius 1 is 1.26 bits per heavy atom. The van der Waals surface area contributed by atoms with Crippen LogP contribution >= 0.6 is 0 Å². The Balaban J connectivity index is 1.59. The normalized spacial score (nSPS) is 13.6. The number of allylic oxidation sites excluding steroid dienone is 3. The van der Waals surface area contributed by atoms with Gasteiger partial charge >= 0.3 is 0 Å². The quantitative estimate of drug-likeness (QED) is 0.671. The number of rotatable bonds is 6. The van der Waals surface area contributed by atoms with E-state index in [4.69, 9.17) is 9.72 Å². The van der Waals surface area contributed by atoms with E-state index in [2.05, 4.69) is 32.0 Å². The predicted molar refractivity (Wildman–Crippen MR) is 105 cm³/mol. The van der Waals surface area contributed by atoms with Crippen LogP contribution in [0.2, 0.25) is 0 Å². The molecule has 0 aliphatic heterocycles. The van der Waals surface area contributed by atoms with Gasteiger partial charge in [0.15, 0.2) is 22.8 Å². The molecule has 0 amide bonds. The minimum Gasteiger partial charge on any atom is -0.492 e. The van der Waals surface area contributed by atoms with Gasteiger partial charge in [-0.2, -0.15) is 0 Å². The number of fused-ring (bicyclic) bond motifs is 1. The molecule has 1 aliphatic carbocycles. The van der Waals surface area contributed by atoms with Crippen molar-refractivity contribution in [1.29, 1.82) is 0 Å². The summed E-state index contributed by atoms with van der Waals surface area (Å²) in [7, 11) is 3.93. The Kier molecular flexibility index (Phi) is 4.82. The van der Waals surface area contributed by atoms with Crippen molar-refractivity contribution in [2.24, 2.45) is 7.05 Å². The SMILES string of the molecule is CN(CCOC1=CCCC=C1)c1nc(-c2cccnc2)nc2c1ncn2C. The average molecular weight is 362 g/mol. The highest BCUT2D eigenvalue weighted by atomic mass is 16.5. The van der Waals surface area contributed by atoms with Crippen molar-refractivity contribution in [3.63, 3.8) is 0 Å². The van der Waals surface area contributed by atoms with Gasteiger partial charge in [-0.3, -0.25) is 4.98 Å². The van der Waals surface area contributed by atoms with Crippen LogP contribution in [0.1, 0.15) is 12.8 Å². The summed E-state index contributed by atoms with van der Waals surface area (Å²) in [5, 5.41) is 0. The molecule has 0 unspecified atom stereocenters. The molecule has 4 rings (SSSR count). The zero-order chi connectivity index (χ0) is 18.6. The number of likely N-dealkylation sites (N-methyl/N-ethyl adjacent to an activating group) is 1. The van der Waals surface area contributed by atoms with Gasteiger partial charge in [-0.1, -0.05) is 6.08 Å². The number of nitrogens with zero attached hydrogens (tertiary/aromatic N) is 6.